The molecule has 3 amide bonds. The molecule has 0 atom stereocenters. The molecule has 1 saturated heterocycles. The summed E-state index contributed by atoms with van der Waals surface area (Å²) < 4.78 is 10.4. The van der Waals surface area contributed by atoms with E-state index in [-0.39, 0.29) is 12.4 Å². The number of carbonyl (C=O) groups is 4. The average molecular weight is 376 g/mol. The van der Waals surface area contributed by atoms with Gasteiger partial charge in [-0.05, 0) is 38.0 Å². The molecule has 2 rings (SSSR count). The van der Waals surface area contributed by atoms with Crippen molar-refractivity contribution >= 4 is 23.7 Å². The first kappa shape index (κ1) is 20.4. The van der Waals surface area contributed by atoms with Crippen LogP contribution in [0.15, 0.2) is 18.2 Å². The largest absolute Gasteiger partial charge is 0.496 e. The summed E-state index contributed by atoms with van der Waals surface area (Å²) in [4.78, 5) is 49.1. The van der Waals surface area contributed by atoms with E-state index in [9.17, 15) is 19.2 Å². The van der Waals surface area contributed by atoms with Crippen LogP contribution in [0.2, 0.25) is 0 Å². The number of urea groups is 1. The molecule has 0 unspecified atom stereocenters. The third-order valence-electron chi connectivity index (χ3n) is 4.82. The molecule has 1 fully saturated rings. The Bertz CT molecular complexity index is 769. The van der Waals surface area contributed by atoms with Crippen molar-refractivity contribution in [3.05, 3.63) is 29.3 Å². The number of hydrogen-bond acceptors (Lipinski definition) is 6. The fourth-order valence-electron chi connectivity index (χ4n) is 2.99. The first-order valence-corrected chi connectivity index (χ1v) is 8.75. The van der Waals surface area contributed by atoms with E-state index in [0.717, 1.165) is 4.90 Å². The van der Waals surface area contributed by atoms with Crippen molar-refractivity contribution in [2.75, 3.05) is 13.7 Å². The molecule has 8 nitrogen and oxygen atoms in total. The molecule has 1 N–H and O–H groups in total. The third kappa shape index (κ3) is 4.10. The van der Waals surface area contributed by atoms with Crippen LogP contribution in [0, 0.1) is 0 Å². The summed E-state index contributed by atoms with van der Waals surface area (Å²) in [6.45, 7) is 4.43. The maximum absolute atomic E-state index is 12.5. The van der Waals surface area contributed by atoms with E-state index < -0.39 is 30.0 Å². The Morgan fingerprint density at radius 1 is 1.19 bits per heavy atom. The molecule has 0 bridgehead atoms. The number of Topliss-reactive ketones (excluding diaryl/α,β-unsaturated/α-hetero) is 1. The Labute approximate surface area is 157 Å². The first-order chi connectivity index (χ1) is 12.8. The Balaban J connectivity index is 2.05. The maximum Gasteiger partial charge on any atom is 0.326 e. The van der Waals surface area contributed by atoms with Gasteiger partial charge in [-0.2, -0.15) is 0 Å². The van der Waals surface area contributed by atoms with Gasteiger partial charge >= 0.3 is 12.0 Å². The van der Waals surface area contributed by atoms with Gasteiger partial charge in [0.25, 0.3) is 5.91 Å². The van der Waals surface area contributed by atoms with Gasteiger partial charge in [-0.1, -0.05) is 13.8 Å². The van der Waals surface area contributed by atoms with E-state index in [2.05, 4.69) is 5.32 Å². The molecule has 0 aliphatic carbocycles. The number of nitrogens with one attached hydrogen (secondary N) is 1. The molecule has 0 saturated carbocycles. The average Bonchev–Trinajstić information content (AvgIpc) is 2.90. The van der Waals surface area contributed by atoms with E-state index >= 15 is 0 Å². The molecule has 0 aromatic heterocycles. The molecule has 1 aromatic carbocycles. The van der Waals surface area contributed by atoms with Gasteiger partial charge in [0, 0.05) is 11.1 Å². The van der Waals surface area contributed by atoms with Crippen molar-refractivity contribution in [3.8, 4) is 5.75 Å². The molecule has 0 spiro atoms. The summed E-state index contributed by atoms with van der Waals surface area (Å²) in [7, 11) is 1.47. The third-order valence-corrected chi connectivity index (χ3v) is 4.82. The minimum Gasteiger partial charge on any atom is -0.496 e. The molecule has 27 heavy (non-hydrogen) atoms. The Morgan fingerprint density at radius 3 is 2.37 bits per heavy atom. The Kier molecular flexibility index (Phi) is 6.20. The zero-order valence-electron chi connectivity index (χ0n) is 16.0. The molecular weight excluding hydrogens is 352 g/mol. The highest BCUT2D eigenvalue weighted by Crippen LogP contribution is 2.25. The van der Waals surface area contributed by atoms with Crippen molar-refractivity contribution in [1.29, 1.82) is 0 Å². The molecule has 1 heterocycles. The Hall–Kier alpha value is -2.90. The second-order valence-electron chi connectivity index (χ2n) is 6.35. The second-order valence-corrected chi connectivity index (χ2v) is 6.35. The normalized spacial score (nSPS) is 15.5. The number of ketones is 1. The number of hydrogen-bond donors (Lipinski definition) is 1. The summed E-state index contributed by atoms with van der Waals surface area (Å²) >= 11 is 0. The van der Waals surface area contributed by atoms with E-state index in [0.29, 0.717) is 29.7 Å². The van der Waals surface area contributed by atoms with Crippen LogP contribution in [-0.2, 0) is 20.9 Å². The fraction of sp³-hybridized carbons (Fsp3) is 0.474. The highest BCUT2D eigenvalue weighted by atomic mass is 16.5. The van der Waals surface area contributed by atoms with Crippen LogP contribution in [0.5, 0.6) is 5.75 Å². The Morgan fingerprint density at radius 2 is 1.85 bits per heavy atom. The number of methoxy groups -OCH3 is 1. The maximum atomic E-state index is 12.5. The fourth-order valence-corrected chi connectivity index (χ4v) is 2.99. The lowest BCUT2D eigenvalue weighted by atomic mass is 9.93. The van der Waals surface area contributed by atoms with Crippen LogP contribution in [0.25, 0.3) is 0 Å². The molecule has 1 aliphatic rings. The number of amides is 3. The number of benzene rings is 1. The van der Waals surface area contributed by atoms with Crippen LogP contribution in [0.1, 0.15) is 49.5 Å². The zero-order valence-corrected chi connectivity index (χ0v) is 16.0. The van der Waals surface area contributed by atoms with Gasteiger partial charge in [-0.25, -0.2) is 4.79 Å². The van der Waals surface area contributed by atoms with E-state index in [4.69, 9.17) is 9.47 Å². The summed E-state index contributed by atoms with van der Waals surface area (Å²) in [5.41, 5.74) is 0.0231. The molecule has 0 radical (unpaired) electrons. The monoisotopic (exact) mass is 376 g/mol. The lowest BCUT2D eigenvalue weighted by molar-refractivity contribution is -0.149. The van der Waals surface area contributed by atoms with Crippen LogP contribution in [0.3, 0.4) is 0 Å². The molecule has 8 heteroatoms. The lowest BCUT2D eigenvalue weighted by Crippen LogP contribution is -2.46. The van der Waals surface area contributed by atoms with Gasteiger partial charge in [0.2, 0.25) is 0 Å². The van der Waals surface area contributed by atoms with Gasteiger partial charge in [-0.15, -0.1) is 0 Å². The minimum atomic E-state index is -0.962. The van der Waals surface area contributed by atoms with Crippen LogP contribution >= 0.6 is 0 Å². The summed E-state index contributed by atoms with van der Waals surface area (Å²) in [6.07, 6.45) is 0.878. The van der Waals surface area contributed by atoms with Crippen molar-refractivity contribution in [3.63, 3.8) is 0 Å². The number of imide groups is 1. The van der Waals surface area contributed by atoms with Crippen LogP contribution < -0.4 is 10.1 Å². The number of ether oxygens (including phenoxy) is 2. The standard InChI is InChI=1S/C19H24N2O6/c1-5-19(6-2)17(24)21(18(25)20-19)10-16(23)27-11-14-9-13(12(3)22)7-8-15(14)26-4/h7-9H,5-6,10-11H2,1-4H3,(H,20,25). The van der Waals surface area contributed by atoms with Gasteiger partial charge < -0.3 is 14.8 Å². The smallest absolute Gasteiger partial charge is 0.326 e. The van der Waals surface area contributed by atoms with E-state index in [1.54, 1.807) is 32.0 Å². The zero-order chi connectivity index (χ0) is 20.2. The molecule has 1 aliphatic heterocycles. The van der Waals surface area contributed by atoms with Crippen molar-refractivity contribution in [2.45, 2.75) is 45.8 Å². The van der Waals surface area contributed by atoms with Gasteiger partial charge in [0.05, 0.1) is 7.11 Å². The van der Waals surface area contributed by atoms with Gasteiger partial charge in [0.1, 0.15) is 24.4 Å². The number of esters is 1. The quantitative estimate of drug-likeness (QED) is 0.423. The minimum absolute atomic E-state index is 0.125. The van der Waals surface area contributed by atoms with Gasteiger partial charge in [0.15, 0.2) is 5.78 Å². The number of nitrogens with zero attached hydrogens (tertiary/aromatic N) is 1. The second kappa shape index (κ2) is 8.20. The topological polar surface area (TPSA) is 102 Å². The highest BCUT2D eigenvalue weighted by Gasteiger charge is 2.49. The number of rotatable bonds is 8. The summed E-state index contributed by atoms with van der Waals surface area (Å²) in [5.74, 6) is -0.804. The van der Waals surface area contributed by atoms with Crippen molar-refractivity contribution < 1.29 is 28.7 Å². The van der Waals surface area contributed by atoms with E-state index in [1.807, 2.05) is 0 Å². The molecule has 1 aromatic rings. The predicted molar refractivity (Wildman–Crippen MR) is 96.4 cm³/mol. The van der Waals surface area contributed by atoms with Crippen LogP contribution in [-0.4, -0.2) is 47.8 Å². The van der Waals surface area contributed by atoms with Crippen molar-refractivity contribution in [1.82, 2.24) is 10.2 Å². The highest BCUT2D eigenvalue weighted by molar-refractivity contribution is 6.08. The SMILES string of the molecule is CCC1(CC)NC(=O)N(CC(=O)OCc2cc(C(C)=O)ccc2OC)C1=O. The first-order valence-electron chi connectivity index (χ1n) is 8.75. The number of carbonyl (C=O) groups excluding carboxylic acids is 4. The molecule has 146 valence electrons. The summed E-state index contributed by atoms with van der Waals surface area (Å²) in [6, 6.07) is 4.22. The van der Waals surface area contributed by atoms with Crippen LogP contribution in [0.4, 0.5) is 4.79 Å². The van der Waals surface area contributed by atoms with Crippen molar-refractivity contribution in [2.24, 2.45) is 0 Å². The predicted octanol–water partition coefficient (Wildman–Crippen LogP) is 2.05. The van der Waals surface area contributed by atoms with E-state index in [1.165, 1.54) is 14.0 Å². The summed E-state index contributed by atoms with van der Waals surface area (Å²) in [5, 5.41) is 2.66. The molecular formula is C19H24N2O6. The van der Waals surface area contributed by atoms with Gasteiger partial charge in [-0.3, -0.25) is 19.3 Å². The lowest BCUT2D eigenvalue weighted by Gasteiger charge is -2.22.